The molecule has 2 aliphatic heterocycles. The normalized spacial score (nSPS) is 34.2. The molecule has 0 N–H and O–H groups in total. The van der Waals surface area contributed by atoms with Gasteiger partial charge in [0.05, 0.1) is 5.92 Å². The van der Waals surface area contributed by atoms with Crippen LogP contribution in [-0.2, 0) is 9.53 Å². The highest BCUT2D eigenvalue weighted by molar-refractivity contribution is 5.75. The Labute approximate surface area is 139 Å². The van der Waals surface area contributed by atoms with E-state index in [9.17, 15) is 4.79 Å². The second kappa shape index (κ2) is 5.94. The van der Waals surface area contributed by atoms with Gasteiger partial charge in [-0.3, -0.25) is 9.69 Å². The Bertz CT molecular complexity index is 578. The van der Waals surface area contributed by atoms with E-state index in [4.69, 9.17) is 4.74 Å². The summed E-state index contributed by atoms with van der Waals surface area (Å²) in [6, 6.07) is 9.75. The van der Waals surface area contributed by atoms with Gasteiger partial charge in [0.15, 0.2) is 0 Å². The summed E-state index contributed by atoms with van der Waals surface area (Å²) in [7, 11) is 2.19. The first kappa shape index (κ1) is 15.2. The largest absolute Gasteiger partial charge is 0.462 e. The molecule has 2 unspecified atom stereocenters. The molecule has 3 heteroatoms. The average molecular weight is 313 g/mol. The van der Waals surface area contributed by atoms with Crippen LogP contribution in [0.5, 0.6) is 0 Å². The highest BCUT2D eigenvalue weighted by Crippen LogP contribution is 2.47. The molecule has 23 heavy (non-hydrogen) atoms. The van der Waals surface area contributed by atoms with Crippen LogP contribution < -0.4 is 0 Å². The number of hydrogen-bond acceptors (Lipinski definition) is 3. The Hall–Kier alpha value is -1.35. The molecule has 3 nitrogen and oxygen atoms in total. The summed E-state index contributed by atoms with van der Waals surface area (Å²) in [5.74, 6) is 0.372. The number of benzene rings is 1. The minimum Gasteiger partial charge on any atom is -0.462 e. The molecule has 1 saturated carbocycles. The topological polar surface area (TPSA) is 29.5 Å². The molecular formula is C20H27NO2. The number of rotatable bonds is 3. The SMILES string of the molecule is Cc1ccc([C@H]2C[C@H]3CCC(C2C(=O)OC2CCC2)N3C)cc1. The van der Waals surface area contributed by atoms with E-state index in [2.05, 4.69) is 43.1 Å². The quantitative estimate of drug-likeness (QED) is 0.798. The first-order chi connectivity index (χ1) is 11.1. The van der Waals surface area contributed by atoms with E-state index < -0.39 is 0 Å². The smallest absolute Gasteiger partial charge is 0.311 e. The van der Waals surface area contributed by atoms with Crippen molar-refractivity contribution < 1.29 is 9.53 Å². The van der Waals surface area contributed by atoms with Crippen molar-refractivity contribution in [1.29, 1.82) is 0 Å². The number of aryl methyl sites for hydroxylation is 1. The van der Waals surface area contributed by atoms with E-state index in [0.29, 0.717) is 18.0 Å². The summed E-state index contributed by atoms with van der Waals surface area (Å²) in [4.78, 5) is 15.4. The van der Waals surface area contributed by atoms with Crippen molar-refractivity contribution >= 4 is 5.97 Å². The molecule has 1 aromatic rings. The average Bonchev–Trinajstić information content (AvgIpc) is 2.74. The fourth-order valence-electron chi connectivity index (χ4n) is 4.68. The lowest BCUT2D eigenvalue weighted by Gasteiger charge is -2.42. The van der Waals surface area contributed by atoms with Crippen LogP contribution in [0.3, 0.4) is 0 Å². The number of carbonyl (C=O) groups is 1. The molecule has 4 atom stereocenters. The third-order valence-corrected chi connectivity index (χ3v) is 6.38. The van der Waals surface area contributed by atoms with E-state index in [0.717, 1.165) is 25.7 Å². The Morgan fingerprint density at radius 3 is 2.52 bits per heavy atom. The zero-order valence-corrected chi connectivity index (χ0v) is 14.2. The summed E-state index contributed by atoms with van der Waals surface area (Å²) in [6.45, 7) is 2.12. The lowest BCUT2D eigenvalue weighted by atomic mass is 9.76. The lowest BCUT2D eigenvalue weighted by molar-refractivity contribution is -0.162. The van der Waals surface area contributed by atoms with Gasteiger partial charge < -0.3 is 4.74 Å². The number of fused-ring (bicyclic) bond motifs is 2. The van der Waals surface area contributed by atoms with Crippen LogP contribution in [-0.4, -0.2) is 36.1 Å². The highest BCUT2D eigenvalue weighted by atomic mass is 16.5. The van der Waals surface area contributed by atoms with Gasteiger partial charge in [0, 0.05) is 18.0 Å². The van der Waals surface area contributed by atoms with Gasteiger partial charge in [-0.2, -0.15) is 0 Å². The number of esters is 1. The predicted molar refractivity (Wildman–Crippen MR) is 90.3 cm³/mol. The van der Waals surface area contributed by atoms with Gasteiger partial charge in [-0.05, 0) is 58.1 Å². The summed E-state index contributed by atoms with van der Waals surface area (Å²) in [5, 5.41) is 0. The number of hydrogen-bond donors (Lipinski definition) is 0. The summed E-state index contributed by atoms with van der Waals surface area (Å²) in [5.41, 5.74) is 2.59. The van der Waals surface area contributed by atoms with Crippen LogP contribution in [0.4, 0.5) is 0 Å². The Kier molecular flexibility index (Phi) is 3.92. The van der Waals surface area contributed by atoms with Gasteiger partial charge in [0.1, 0.15) is 6.10 Å². The van der Waals surface area contributed by atoms with Crippen LogP contribution >= 0.6 is 0 Å². The van der Waals surface area contributed by atoms with Crippen molar-refractivity contribution in [2.75, 3.05) is 7.05 Å². The molecule has 2 heterocycles. The lowest BCUT2D eigenvalue weighted by Crippen LogP contribution is -2.49. The van der Waals surface area contributed by atoms with Gasteiger partial charge in [-0.25, -0.2) is 0 Å². The molecular weight excluding hydrogens is 286 g/mol. The van der Waals surface area contributed by atoms with E-state index in [-0.39, 0.29) is 18.0 Å². The predicted octanol–water partition coefficient (Wildman–Crippen LogP) is 3.66. The maximum Gasteiger partial charge on any atom is 0.311 e. The molecule has 0 radical (unpaired) electrons. The zero-order chi connectivity index (χ0) is 16.0. The van der Waals surface area contributed by atoms with Gasteiger partial charge in [0.2, 0.25) is 0 Å². The maximum absolute atomic E-state index is 12.9. The van der Waals surface area contributed by atoms with Gasteiger partial charge >= 0.3 is 5.97 Å². The zero-order valence-electron chi connectivity index (χ0n) is 14.2. The third kappa shape index (κ3) is 2.69. The van der Waals surface area contributed by atoms with Crippen molar-refractivity contribution in [3.05, 3.63) is 35.4 Å². The van der Waals surface area contributed by atoms with Crippen molar-refractivity contribution in [3.8, 4) is 0 Å². The monoisotopic (exact) mass is 313 g/mol. The molecule has 1 aliphatic carbocycles. The first-order valence-corrected chi connectivity index (χ1v) is 9.12. The third-order valence-electron chi connectivity index (χ3n) is 6.38. The van der Waals surface area contributed by atoms with Crippen LogP contribution in [0.25, 0.3) is 0 Å². The van der Waals surface area contributed by atoms with E-state index in [1.165, 1.54) is 24.0 Å². The molecule has 0 aromatic heterocycles. The van der Waals surface area contributed by atoms with Crippen molar-refractivity contribution in [3.63, 3.8) is 0 Å². The van der Waals surface area contributed by atoms with E-state index in [1.807, 2.05) is 0 Å². The number of ether oxygens (including phenoxy) is 1. The van der Waals surface area contributed by atoms with Gasteiger partial charge in [-0.15, -0.1) is 0 Å². The van der Waals surface area contributed by atoms with Gasteiger partial charge in [0.25, 0.3) is 0 Å². The second-order valence-corrected chi connectivity index (χ2v) is 7.73. The molecule has 3 fully saturated rings. The summed E-state index contributed by atoms with van der Waals surface area (Å²) < 4.78 is 5.83. The fourth-order valence-corrected chi connectivity index (χ4v) is 4.68. The van der Waals surface area contributed by atoms with Crippen LogP contribution in [0.15, 0.2) is 24.3 Å². The second-order valence-electron chi connectivity index (χ2n) is 7.73. The molecule has 3 aliphatic rings. The minimum absolute atomic E-state index is 0.00190. The molecule has 0 spiro atoms. The molecule has 2 bridgehead atoms. The van der Waals surface area contributed by atoms with Crippen molar-refractivity contribution in [2.45, 2.75) is 69.6 Å². The van der Waals surface area contributed by atoms with Crippen LogP contribution in [0.1, 0.15) is 55.6 Å². The summed E-state index contributed by atoms with van der Waals surface area (Å²) in [6.07, 6.45) is 6.93. The van der Waals surface area contributed by atoms with E-state index >= 15 is 0 Å². The van der Waals surface area contributed by atoms with E-state index in [1.54, 1.807) is 0 Å². The fraction of sp³-hybridized carbons (Fsp3) is 0.650. The van der Waals surface area contributed by atoms with Crippen molar-refractivity contribution in [2.24, 2.45) is 5.92 Å². The molecule has 4 rings (SSSR count). The van der Waals surface area contributed by atoms with Crippen LogP contribution in [0.2, 0.25) is 0 Å². The Morgan fingerprint density at radius 1 is 1.13 bits per heavy atom. The molecule has 2 saturated heterocycles. The number of nitrogens with zero attached hydrogens (tertiary/aromatic N) is 1. The van der Waals surface area contributed by atoms with Crippen molar-refractivity contribution in [1.82, 2.24) is 4.90 Å². The number of piperidine rings is 1. The Balaban J connectivity index is 1.61. The maximum atomic E-state index is 12.9. The standard InChI is InChI=1S/C20H27NO2/c1-13-6-8-14(9-7-13)17-12-15-10-11-18(21(15)2)19(17)20(22)23-16-4-3-5-16/h6-9,15-19H,3-5,10-12H2,1-2H3/t15-,17-,18?,19?/m1/s1. The number of carbonyl (C=O) groups excluding carboxylic acids is 1. The van der Waals surface area contributed by atoms with Gasteiger partial charge in [-0.1, -0.05) is 29.8 Å². The highest BCUT2D eigenvalue weighted by Gasteiger charge is 2.50. The van der Waals surface area contributed by atoms with Crippen LogP contribution in [0, 0.1) is 12.8 Å². The minimum atomic E-state index is 0.00190. The molecule has 0 amide bonds. The molecule has 124 valence electrons. The summed E-state index contributed by atoms with van der Waals surface area (Å²) >= 11 is 0. The Morgan fingerprint density at radius 2 is 1.87 bits per heavy atom. The molecule has 1 aromatic carbocycles. The first-order valence-electron chi connectivity index (χ1n) is 9.12.